The Kier molecular flexibility index (Phi) is 4.20. The van der Waals surface area contributed by atoms with E-state index in [9.17, 15) is 4.79 Å². The smallest absolute Gasteiger partial charge is 0.257 e. The summed E-state index contributed by atoms with van der Waals surface area (Å²) in [6.45, 7) is 8.24. The van der Waals surface area contributed by atoms with Crippen molar-refractivity contribution in [2.24, 2.45) is 5.92 Å². The highest BCUT2D eigenvalue weighted by atomic mass is 16.5. The molecule has 5 heteroatoms. The summed E-state index contributed by atoms with van der Waals surface area (Å²) in [5, 5.41) is 3.79. The first-order valence-corrected chi connectivity index (χ1v) is 8.20. The van der Waals surface area contributed by atoms with Gasteiger partial charge in [-0.25, -0.2) is 0 Å². The molecule has 1 amide bonds. The number of nitrogens with zero attached hydrogens (tertiary/aromatic N) is 3. The van der Waals surface area contributed by atoms with Gasteiger partial charge in [0.15, 0.2) is 5.82 Å². The number of hydrogen-bond donors (Lipinski definition) is 0. The molecule has 1 unspecified atom stereocenters. The van der Waals surface area contributed by atoms with Gasteiger partial charge in [-0.05, 0) is 56.9 Å². The topological polar surface area (TPSA) is 59.2 Å². The van der Waals surface area contributed by atoms with Crippen LogP contribution in [-0.2, 0) is 0 Å². The molecule has 2 aromatic rings. The van der Waals surface area contributed by atoms with Crippen LogP contribution in [0.25, 0.3) is 11.5 Å². The molecule has 1 aromatic carbocycles. The molecule has 0 spiro atoms. The molecule has 0 saturated heterocycles. The number of aryl methyl sites for hydroxylation is 1. The Hall–Kier alpha value is -2.17. The number of amides is 1. The fourth-order valence-electron chi connectivity index (χ4n) is 2.68. The molecule has 1 aliphatic carbocycles. The van der Waals surface area contributed by atoms with Crippen LogP contribution in [0.2, 0.25) is 0 Å². The molecular formula is C18H23N3O2. The van der Waals surface area contributed by atoms with Gasteiger partial charge >= 0.3 is 0 Å². The van der Waals surface area contributed by atoms with Crippen LogP contribution in [0.15, 0.2) is 28.8 Å². The number of hydrogen-bond acceptors (Lipinski definition) is 4. The normalized spacial score (nSPS) is 15.7. The van der Waals surface area contributed by atoms with E-state index in [0.717, 1.165) is 18.4 Å². The van der Waals surface area contributed by atoms with Crippen molar-refractivity contribution in [2.45, 2.75) is 52.6 Å². The summed E-state index contributed by atoms with van der Waals surface area (Å²) < 4.78 is 5.16. The van der Waals surface area contributed by atoms with Gasteiger partial charge in [-0.1, -0.05) is 19.0 Å². The molecule has 122 valence electrons. The number of benzene rings is 1. The number of aromatic nitrogens is 2. The van der Waals surface area contributed by atoms with E-state index < -0.39 is 0 Å². The van der Waals surface area contributed by atoms with E-state index in [1.54, 1.807) is 6.92 Å². The maximum Gasteiger partial charge on any atom is 0.257 e. The summed E-state index contributed by atoms with van der Waals surface area (Å²) in [6, 6.07) is 8.07. The van der Waals surface area contributed by atoms with Crippen LogP contribution in [0.4, 0.5) is 0 Å². The van der Waals surface area contributed by atoms with E-state index in [1.165, 1.54) is 0 Å². The maximum absolute atomic E-state index is 12.9. The molecule has 1 saturated carbocycles. The monoisotopic (exact) mass is 313 g/mol. The van der Waals surface area contributed by atoms with Gasteiger partial charge < -0.3 is 9.42 Å². The van der Waals surface area contributed by atoms with E-state index in [4.69, 9.17) is 4.52 Å². The summed E-state index contributed by atoms with van der Waals surface area (Å²) >= 11 is 0. The second kappa shape index (κ2) is 6.14. The average Bonchev–Trinajstić information content (AvgIpc) is 3.27. The van der Waals surface area contributed by atoms with Gasteiger partial charge in [0.05, 0.1) is 0 Å². The molecule has 1 aromatic heterocycles. The van der Waals surface area contributed by atoms with Crippen molar-refractivity contribution in [2.75, 3.05) is 0 Å². The highest BCUT2D eigenvalue weighted by Gasteiger charge is 2.37. The Labute approximate surface area is 136 Å². The van der Waals surface area contributed by atoms with Gasteiger partial charge in [0.1, 0.15) is 0 Å². The zero-order valence-corrected chi connectivity index (χ0v) is 14.1. The first kappa shape index (κ1) is 15.7. The van der Waals surface area contributed by atoms with E-state index in [1.807, 2.05) is 24.3 Å². The lowest BCUT2D eigenvalue weighted by Gasteiger charge is -2.32. The van der Waals surface area contributed by atoms with E-state index in [2.05, 4.69) is 35.8 Å². The number of carbonyl (C=O) groups excluding carboxylic acids is 1. The van der Waals surface area contributed by atoms with Crippen molar-refractivity contribution in [3.63, 3.8) is 0 Å². The van der Waals surface area contributed by atoms with Crippen molar-refractivity contribution in [3.8, 4) is 11.5 Å². The van der Waals surface area contributed by atoms with Crippen LogP contribution in [0.5, 0.6) is 0 Å². The number of rotatable bonds is 5. The van der Waals surface area contributed by atoms with Crippen molar-refractivity contribution < 1.29 is 9.32 Å². The Bertz CT molecular complexity index is 687. The third-order valence-electron chi connectivity index (χ3n) is 4.48. The molecule has 1 heterocycles. The summed E-state index contributed by atoms with van der Waals surface area (Å²) in [6.07, 6.45) is 2.23. The third-order valence-corrected chi connectivity index (χ3v) is 4.48. The average molecular weight is 313 g/mol. The predicted molar refractivity (Wildman–Crippen MR) is 88.0 cm³/mol. The molecule has 1 atom stereocenters. The molecule has 23 heavy (non-hydrogen) atoms. The van der Waals surface area contributed by atoms with Gasteiger partial charge in [0.2, 0.25) is 0 Å². The van der Waals surface area contributed by atoms with Crippen LogP contribution < -0.4 is 0 Å². The van der Waals surface area contributed by atoms with Crippen molar-refractivity contribution in [1.29, 1.82) is 0 Å². The molecule has 0 bridgehead atoms. The predicted octanol–water partition coefficient (Wildman–Crippen LogP) is 3.69. The molecule has 5 nitrogen and oxygen atoms in total. The Morgan fingerprint density at radius 3 is 2.35 bits per heavy atom. The van der Waals surface area contributed by atoms with Gasteiger partial charge in [-0.2, -0.15) is 4.98 Å². The minimum atomic E-state index is 0.113. The summed E-state index contributed by atoms with van der Waals surface area (Å²) in [7, 11) is 0. The maximum atomic E-state index is 12.9. The lowest BCUT2D eigenvalue weighted by Crippen LogP contribution is -2.43. The van der Waals surface area contributed by atoms with Crippen LogP contribution in [0, 0.1) is 12.8 Å². The Morgan fingerprint density at radius 1 is 1.22 bits per heavy atom. The lowest BCUT2D eigenvalue weighted by molar-refractivity contribution is 0.0628. The highest BCUT2D eigenvalue weighted by Crippen LogP contribution is 2.32. The first-order chi connectivity index (χ1) is 11.0. The molecule has 0 aliphatic heterocycles. The number of carbonyl (C=O) groups is 1. The van der Waals surface area contributed by atoms with Gasteiger partial charge in [0, 0.05) is 23.2 Å². The van der Waals surface area contributed by atoms with Crippen molar-refractivity contribution >= 4 is 5.91 Å². The van der Waals surface area contributed by atoms with E-state index in [0.29, 0.717) is 29.2 Å². The third kappa shape index (κ3) is 3.28. The zero-order valence-electron chi connectivity index (χ0n) is 14.1. The fraction of sp³-hybridized carbons (Fsp3) is 0.500. The van der Waals surface area contributed by atoms with Crippen LogP contribution >= 0.6 is 0 Å². The summed E-state index contributed by atoms with van der Waals surface area (Å²) in [4.78, 5) is 19.2. The Morgan fingerprint density at radius 2 is 1.87 bits per heavy atom. The standard InChI is InChI=1S/C18H23N3O2/c1-11(2)12(3)21(16-9-10-16)18(22)15-7-5-14(6-8-15)17-19-13(4)20-23-17/h5-8,11-12,16H,9-10H2,1-4H3. The van der Waals surface area contributed by atoms with Crippen LogP contribution in [0.1, 0.15) is 49.8 Å². The minimum Gasteiger partial charge on any atom is -0.334 e. The zero-order chi connectivity index (χ0) is 16.6. The first-order valence-electron chi connectivity index (χ1n) is 8.20. The second-order valence-corrected chi connectivity index (χ2v) is 6.65. The largest absolute Gasteiger partial charge is 0.334 e. The Balaban J connectivity index is 1.81. The molecule has 0 radical (unpaired) electrons. The van der Waals surface area contributed by atoms with Gasteiger partial charge in [-0.15, -0.1) is 0 Å². The molecule has 1 fully saturated rings. The highest BCUT2D eigenvalue weighted by molar-refractivity contribution is 5.95. The molecule has 0 N–H and O–H groups in total. The quantitative estimate of drug-likeness (QED) is 0.844. The van der Waals surface area contributed by atoms with E-state index >= 15 is 0 Å². The van der Waals surface area contributed by atoms with Gasteiger partial charge in [-0.3, -0.25) is 4.79 Å². The van der Waals surface area contributed by atoms with Crippen LogP contribution in [0.3, 0.4) is 0 Å². The molecular weight excluding hydrogens is 290 g/mol. The summed E-state index contributed by atoms with van der Waals surface area (Å²) in [5.41, 5.74) is 1.54. The summed E-state index contributed by atoms with van der Waals surface area (Å²) in [5.74, 6) is 1.64. The van der Waals surface area contributed by atoms with Crippen molar-refractivity contribution in [1.82, 2.24) is 15.0 Å². The molecule has 3 rings (SSSR count). The molecule has 1 aliphatic rings. The van der Waals surface area contributed by atoms with Crippen LogP contribution in [-0.4, -0.2) is 33.0 Å². The lowest BCUT2D eigenvalue weighted by atomic mass is 10.0. The van der Waals surface area contributed by atoms with Crippen molar-refractivity contribution in [3.05, 3.63) is 35.7 Å². The minimum absolute atomic E-state index is 0.113. The SMILES string of the molecule is Cc1noc(-c2ccc(C(=O)N(C3CC3)C(C)C(C)C)cc2)n1. The second-order valence-electron chi connectivity index (χ2n) is 6.65. The fourth-order valence-corrected chi connectivity index (χ4v) is 2.68. The van der Waals surface area contributed by atoms with Gasteiger partial charge in [0.25, 0.3) is 11.8 Å². The van der Waals surface area contributed by atoms with E-state index in [-0.39, 0.29) is 11.9 Å².